The first-order valence-electron chi connectivity index (χ1n) is 17.5. The number of nitrogens with zero attached hydrogens (tertiary/aromatic N) is 1. The minimum atomic E-state index is -1.84. The fourth-order valence-electron chi connectivity index (χ4n) is 5.15. The van der Waals surface area contributed by atoms with Crippen molar-refractivity contribution < 1.29 is 13.9 Å². The highest BCUT2D eigenvalue weighted by Gasteiger charge is 2.37. The Morgan fingerprint density at radius 3 is 1.67 bits per heavy atom. The SMILES string of the molecule is CCCCCCCCCCCCCCCCCCCC[C@H](CO[Si](C)(C)C(C)(C)C)OCc1ccc(C#N)cc1OC. The van der Waals surface area contributed by atoms with Gasteiger partial charge in [-0.2, -0.15) is 5.26 Å². The molecular weight excluding hydrogens is 534 g/mol. The van der Waals surface area contributed by atoms with E-state index < -0.39 is 8.32 Å². The van der Waals surface area contributed by atoms with Crippen LogP contribution in [0.4, 0.5) is 0 Å². The average molecular weight is 602 g/mol. The first kappa shape index (κ1) is 38.7. The van der Waals surface area contributed by atoms with Crippen LogP contribution in [0.25, 0.3) is 0 Å². The molecule has 1 rings (SSSR count). The normalized spacial score (nSPS) is 12.8. The van der Waals surface area contributed by atoms with Crippen molar-refractivity contribution in [3.8, 4) is 11.8 Å². The maximum absolute atomic E-state index is 9.21. The monoisotopic (exact) mass is 601 g/mol. The van der Waals surface area contributed by atoms with E-state index >= 15 is 0 Å². The molecule has 0 unspecified atom stereocenters. The lowest BCUT2D eigenvalue weighted by Crippen LogP contribution is -2.43. The largest absolute Gasteiger partial charge is 0.496 e. The highest BCUT2D eigenvalue weighted by molar-refractivity contribution is 6.74. The van der Waals surface area contributed by atoms with E-state index in [0.29, 0.717) is 24.5 Å². The van der Waals surface area contributed by atoms with E-state index in [1.54, 1.807) is 13.2 Å². The molecule has 0 heterocycles. The van der Waals surface area contributed by atoms with Crippen molar-refractivity contribution in [2.75, 3.05) is 13.7 Å². The van der Waals surface area contributed by atoms with Gasteiger partial charge in [0.1, 0.15) is 5.75 Å². The third-order valence-electron chi connectivity index (χ3n) is 9.21. The van der Waals surface area contributed by atoms with Gasteiger partial charge in [-0.25, -0.2) is 0 Å². The molecule has 0 aliphatic rings. The highest BCUT2D eigenvalue weighted by Crippen LogP contribution is 2.37. The van der Waals surface area contributed by atoms with Gasteiger partial charge in [0.15, 0.2) is 8.32 Å². The molecule has 0 radical (unpaired) electrons. The number of rotatable bonds is 26. The second-order valence-electron chi connectivity index (χ2n) is 13.9. The van der Waals surface area contributed by atoms with Crippen molar-refractivity contribution in [3.05, 3.63) is 29.3 Å². The van der Waals surface area contributed by atoms with Gasteiger partial charge in [0.05, 0.1) is 38.1 Å². The van der Waals surface area contributed by atoms with Gasteiger partial charge in [-0.05, 0) is 36.7 Å². The van der Waals surface area contributed by atoms with Crippen molar-refractivity contribution in [1.29, 1.82) is 5.26 Å². The Kier molecular flexibility index (Phi) is 21.3. The first-order valence-corrected chi connectivity index (χ1v) is 20.4. The number of hydrogen-bond acceptors (Lipinski definition) is 4. The lowest BCUT2D eigenvalue weighted by Gasteiger charge is -2.37. The third kappa shape index (κ3) is 17.7. The molecule has 0 aliphatic heterocycles. The van der Waals surface area contributed by atoms with Crippen LogP contribution < -0.4 is 4.74 Å². The quantitative estimate of drug-likeness (QED) is 0.0782. The van der Waals surface area contributed by atoms with Gasteiger partial charge in [0.25, 0.3) is 0 Å². The van der Waals surface area contributed by atoms with Crippen molar-refractivity contribution in [3.63, 3.8) is 0 Å². The van der Waals surface area contributed by atoms with E-state index in [1.807, 2.05) is 12.1 Å². The Balaban J connectivity index is 2.26. The van der Waals surface area contributed by atoms with Gasteiger partial charge in [-0.3, -0.25) is 0 Å². The molecule has 5 heteroatoms. The second-order valence-corrected chi connectivity index (χ2v) is 18.8. The highest BCUT2D eigenvalue weighted by atomic mass is 28.4. The van der Waals surface area contributed by atoms with E-state index in [4.69, 9.17) is 13.9 Å². The van der Waals surface area contributed by atoms with Gasteiger partial charge in [0.2, 0.25) is 0 Å². The predicted molar refractivity (Wildman–Crippen MR) is 183 cm³/mol. The summed E-state index contributed by atoms with van der Waals surface area (Å²) < 4.78 is 18.5. The summed E-state index contributed by atoms with van der Waals surface area (Å²) in [6.45, 7) is 14.9. The van der Waals surface area contributed by atoms with Crippen LogP contribution in [0.1, 0.15) is 161 Å². The molecule has 0 spiro atoms. The summed E-state index contributed by atoms with van der Waals surface area (Å²) in [6.07, 6.45) is 26.1. The van der Waals surface area contributed by atoms with Gasteiger partial charge in [-0.15, -0.1) is 0 Å². The van der Waals surface area contributed by atoms with Crippen LogP contribution in [0.2, 0.25) is 18.1 Å². The topological polar surface area (TPSA) is 51.5 Å². The van der Waals surface area contributed by atoms with Gasteiger partial charge >= 0.3 is 0 Å². The number of nitriles is 1. The smallest absolute Gasteiger partial charge is 0.192 e. The summed E-state index contributed by atoms with van der Waals surface area (Å²) in [5.41, 5.74) is 1.58. The number of ether oxygens (including phenoxy) is 2. The van der Waals surface area contributed by atoms with Crippen LogP contribution in [0, 0.1) is 11.3 Å². The lowest BCUT2D eigenvalue weighted by atomic mass is 10.0. The van der Waals surface area contributed by atoms with E-state index in [2.05, 4.69) is 46.9 Å². The molecule has 4 nitrogen and oxygen atoms in total. The molecule has 0 amide bonds. The molecule has 0 N–H and O–H groups in total. The van der Waals surface area contributed by atoms with Gasteiger partial charge in [-0.1, -0.05) is 149 Å². The Bertz CT molecular complexity index is 842. The van der Waals surface area contributed by atoms with Crippen molar-refractivity contribution in [1.82, 2.24) is 0 Å². The fraction of sp³-hybridized carbons (Fsp3) is 0.811. The Morgan fingerprint density at radius 2 is 1.24 bits per heavy atom. The number of hydrogen-bond donors (Lipinski definition) is 0. The Labute approximate surface area is 262 Å². The fourth-order valence-corrected chi connectivity index (χ4v) is 6.18. The molecule has 42 heavy (non-hydrogen) atoms. The minimum absolute atomic E-state index is 0.0699. The number of benzene rings is 1. The van der Waals surface area contributed by atoms with Crippen LogP contribution in [0.5, 0.6) is 5.75 Å². The van der Waals surface area contributed by atoms with Crippen LogP contribution in [0.15, 0.2) is 18.2 Å². The second kappa shape index (κ2) is 23.1. The molecule has 1 aromatic carbocycles. The zero-order chi connectivity index (χ0) is 31.1. The molecular formula is C37H67NO3Si. The summed E-state index contributed by atoms with van der Waals surface area (Å²) in [5.74, 6) is 0.714. The Morgan fingerprint density at radius 1 is 0.762 bits per heavy atom. The summed E-state index contributed by atoms with van der Waals surface area (Å²) in [7, 11) is -0.192. The van der Waals surface area contributed by atoms with Crippen LogP contribution in [0.3, 0.4) is 0 Å². The van der Waals surface area contributed by atoms with Crippen LogP contribution in [-0.2, 0) is 15.8 Å². The van der Waals surface area contributed by atoms with Gasteiger partial charge < -0.3 is 13.9 Å². The standard InChI is InChI=1S/C37H67NO3Si/c1-8-9-10-11-12-13-14-15-16-17-18-19-20-21-22-23-24-25-26-35(32-41-42(6,7)37(2,3)4)40-31-34-28-27-33(30-38)29-36(34)39-5/h27-29,35H,8-26,31-32H2,1-7H3/t35-/m1/s1. The molecule has 1 aromatic rings. The van der Waals surface area contributed by atoms with E-state index in [-0.39, 0.29) is 11.1 Å². The van der Waals surface area contributed by atoms with Crippen molar-refractivity contribution in [2.24, 2.45) is 0 Å². The molecule has 0 saturated heterocycles. The number of unbranched alkanes of at least 4 members (excludes halogenated alkanes) is 17. The summed E-state index contributed by atoms with van der Waals surface area (Å²) >= 11 is 0. The van der Waals surface area contributed by atoms with Crippen LogP contribution >= 0.6 is 0 Å². The number of methoxy groups -OCH3 is 1. The van der Waals surface area contributed by atoms with E-state index in [0.717, 1.165) is 12.0 Å². The lowest BCUT2D eigenvalue weighted by molar-refractivity contribution is -0.000835. The van der Waals surface area contributed by atoms with E-state index in [9.17, 15) is 5.26 Å². The molecule has 0 saturated carbocycles. The zero-order valence-electron chi connectivity index (χ0n) is 28.8. The van der Waals surface area contributed by atoms with Gasteiger partial charge in [0, 0.05) is 5.56 Å². The molecule has 242 valence electrons. The first-order chi connectivity index (χ1) is 20.1. The maximum Gasteiger partial charge on any atom is 0.192 e. The molecule has 1 atom stereocenters. The molecule has 0 aliphatic carbocycles. The molecule has 0 fully saturated rings. The summed E-state index contributed by atoms with van der Waals surface area (Å²) in [4.78, 5) is 0. The van der Waals surface area contributed by atoms with Crippen LogP contribution in [-0.4, -0.2) is 28.1 Å². The summed E-state index contributed by atoms with van der Waals surface area (Å²) in [6, 6.07) is 7.75. The minimum Gasteiger partial charge on any atom is -0.496 e. The third-order valence-corrected chi connectivity index (χ3v) is 13.7. The Hall–Kier alpha value is -1.35. The maximum atomic E-state index is 9.21. The van der Waals surface area contributed by atoms with E-state index in [1.165, 1.54) is 116 Å². The zero-order valence-corrected chi connectivity index (χ0v) is 29.8. The van der Waals surface area contributed by atoms with Crippen molar-refractivity contribution in [2.45, 2.75) is 181 Å². The molecule has 0 aromatic heterocycles. The summed E-state index contributed by atoms with van der Waals surface area (Å²) in [5, 5.41) is 9.39. The predicted octanol–water partition coefficient (Wildman–Crippen LogP) is 11.9. The average Bonchev–Trinajstić information content (AvgIpc) is 2.96. The molecule has 0 bridgehead atoms. The van der Waals surface area contributed by atoms with Crippen molar-refractivity contribution >= 4 is 8.32 Å².